The number of carbonyl (C=O) groups is 1. The second kappa shape index (κ2) is 8.75. The van der Waals surface area contributed by atoms with Gasteiger partial charge in [0, 0.05) is 23.1 Å². The molecule has 2 aromatic carbocycles. The summed E-state index contributed by atoms with van der Waals surface area (Å²) in [5.74, 6) is -6.39. The van der Waals surface area contributed by atoms with Crippen LogP contribution in [0.15, 0.2) is 66.2 Å². The third-order valence-electron chi connectivity index (χ3n) is 6.48. The van der Waals surface area contributed by atoms with Crippen molar-refractivity contribution in [3.63, 3.8) is 0 Å². The van der Waals surface area contributed by atoms with E-state index in [-0.39, 0.29) is 22.6 Å². The molecule has 6 nitrogen and oxygen atoms in total. The number of alkyl halides is 5. The number of nitrogens with zero attached hydrogens (tertiary/aromatic N) is 3. The minimum absolute atomic E-state index is 0.0548. The molecule has 3 aromatic rings. The average molecular weight is 517 g/mol. The van der Waals surface area contributed by atoms with E-state index in [0.717, 1.165) is 4.68 Å². The molecular weight excluding hydrogens is 497 g/mol. The summed E-state index contributed by atoms with van der Waals surface area (Å²) in [5.41, 5.74) is -2.54. The van der Waals surface area contributed by atoms with Crippen molar-refractivity contribution in [1.29, 1.82) is 0 Å². The Balaban J connectivity index is 1.91. The fourth-order valence-corrected chi connectivity index (χ4v) is 4.21. The fraction of sp³-hybridized carbons (Fsp3) is 0.231. The van der Waals surface area contributed by atoms with Gasteiger partial charge >= 0.3 is 12.1 Å². The summed E-state index contributed by atoms with van der Waals surface area (Å²) in [4.78, 5) is 23.7. The number of aromatic nitrogens is 2. The van der Waals surface area contributed by atoms with Crippen molar-refractivity contribution < 1.29 is 31.7 Å². The van der Waals surface area contributed by atoms with E-state index in [2.05, 4.69) is 5.10 Å². The number of hydrogen-bond acceptors (Lipinski definition) is 4. The van der Waals surface area contributed by atoms with E-state index in [0.29, 0.717) is 11.1 Å². The van der Waals surface area contributed by atoms with Crippen molar-refractivity contribution in [3.8, 4) is 0 Å². The quantitative estimate of drug-likeness (QED) is 0.154. The number of nitro benzene ring substituents is 1. The molecule has 192 valence electrons. The molecule has 0 radical (unpaired) electrons. The Morgan fingerprint density at radius 2 is 1.59 bits per heavy atom. The van der Waals surface area contributed by atoms with Crippen LogP contribution in [0.3, 0.4) is 0 Å². The number of allylic oxidation sites excluding steroid dienone is 3. The van der Waals surface area contributed by atoms with Crippen LogP contribution in [0.4, 0.5) is 27.6 Å². The number of halogens is 5. The van der Waals surface area contributed by atoms with Crippen molar-refractivity contribution in [2.75, 3.05) is 0 Å². The number of benzene rings is 2. The Labute approximate surface area is 207 Å². The maximum atomic E-state index is 14.7. The SMILES string of the molecule is CC1=C(/C=C/c2ccc([N+](=O)[O-])cc2)n2nc(C(F)(F)C(F)(F)F)c(C(=O)c3ccccc3)c2C1(C)C. The first-order valence-corrected chi connectivity index (χ1v) is 11.0. The number of rotatable bonds is 6. The molecule has 0 fully saturated rings. The van der Waals surface area contributed by atoms with E-state index in [9.17, 15) is 36.9 Å². The van der Waals surface area contributed by atoms with Crippen LogP contribution >= 0.6 is 0 Å². The summed E-state index contributed by atoms with van der Waals surface area (Å²) in [6, 6.07) is 12.7. The normalized spacial score (nSPS) is 15.4. The van der Waals surface area contributed by atoms with Gasteiger partial charge in [0.05, 0.1) is 21.9 Å². The first kappa shape index (κ1) is 25.9. The lowest BCUT2D eigenvalue weighted by Crippen LogP contribution is -2.36. The van der Waals surface area contributed by atoms with E-state index >= 15 is 0 Å². The van der Waals surface area contributed by atoms with E-state index < -0.39 is 39.5 Å². The van der Waals surface area contributed by atoms with E-state index in [1.54, 1.807) is 26.8 Å². The van der Waals surface area contributed by atoms with Gasteiger partial charge in [0.25, 0.3) is 5.69 Å². The third kappa shape index (κ3) is 4.24. The average Bonchev–Trinajstić information content (AvgIpc) is 3.32. The van der Waals surface area contributed by atoms with Gasteiger partial charge in [-0.3, -0.25) is 14.9 Å². The first-order chi connectivity index (χ1) is 17.2. The molecule has 0 atom stereocenters. The predicted octanol–water partition coefficient (Wildman–Crippen LogP) is 6.91. The van der Waals surface area contributed by atoms with Crippen LogP contribution < -0.4 is 0 Å². The summed E-state index contributed by atoms with van der Waals surface area (Å²) in [6.45, 7) is 4.89. The highest BCUT2D eigenvalue weighted by atomic mass is 19.4. The standard InChI is InChI=1S/C26H20F5N3O3/c1-15-19(14-11-16-9-12-18(13-10-16)34(36)37)33-23(24(15,2)3)20(21(35)17-7-5-4-6-8-17)22(32-33)25(27,28)26(29,30)31/h4-14H,1-3H3/b14-11+. The lowest BCUT2D eigenvalue weighted by molar-refractivity contribution is -0.384. The second-order valence-electron chi connectivity index (χ2n) is 9.07. The maximum Gasteiger partial charge on any atom is 0.459 e. The number of non-ortho nitro benzene ring substituents is 1. The molecule has 0 bridgehead atoms. The van der Waals surface area contributed by atoms with Crippen molar-refractivity contribution in [3.05, 3.63) is 104 Å². The summed E-state index contributed by atoms with van der Waals surface area (Å²) in [6.07, 6.45) is -2.99. The van der Waals surface area contributed by atoms with Gasteiger partial charge in [-0.05, 0) is 36.3 Å². The maximum absolute atomic E-state index is 14.7. The molecule has 1 aliphatic rings. The van der Waals surface area contributed by atoms with Gasteiger partial charge in [-0.1, -0.05) is 50.3 Å². The van der Waals surface area contributed by atoms with Gasteiger partial charge in [-0.2, -0.15) is 27.1 Å². The zero-order valence-electron chi connectivity index (χ0n) is 19.8. The molecule has 0 saturated carbocycles. The third-order valence-corrected chi connectivity index (χ3v) is 6.48. The summed E-state index contributed by atoms with van der Waals surface area (Å²) < 4.78 is 70.8. The van der Waals surface area contributed by atoms with E-state index in [1.807, 2.05) is 0 Å². The minimum atomic E-state index is -5.98. The Morgan fingerprint density at radius 1 is 1.00 bits per heavy atom. The van der Waals surface area contributed by atoms with Crippen LogP contribution in [0.1, 0.15) is 53.6 Å². The van der Waals surface area contributed by atoms with Crippen LogP contribution in [0.25, 0.3) is 11.8 Å². The van der Waals surface area contributed by atoms with Gasteiger partial charge in [-0.25, -0.2) is 4.68 Å². The van der Waals surface area contributed by atoms with Crippen molar-refractivity contribution >= 4 is 23.2 Å². The largest absolute Gasteiger partial charge is 0.459 e. The van der Waals surface area contributed by atoms with Crippen molar-refractivity contribution in [2.45, 2.75) is 38.3 Å². The molecule has 0 N–H and O–H groups in total. The van der Waals surface area contributed by atoms with Crippen molar-refractivity contribution in [2.24, 2.45) is 0 Å². The molecule has 0 aliphatic carbocycles. The Hall–Kier alpha value is -4.15. The van der Waals surface area contributed by atoms with Gasteiger partial charge in [0.15, 0.2) is 11.5 Å². The Morgan fingerprint density at radius 3 is 2.14 bits per heavy atom. The van der Waals surface area contributed by atoms with Gasteiger partial charge < -0.3 is 0 Å². The topological polar surface area (TPSA) is 78.0 Å². The summed E-state index contributed by atoms with van der Waals surface area (Å²) in [5, 5.41) is 14.6. The highest BCUT2D eigenvalue weighted by Gasteiger charge is 2.63. The zero-order chi connectivity index (χ0) is 27.3. The van der Waals surface area contributed by atoms with Crippen LogP contribution in [0, 0.1) is 10.1 Å². The lowest BCUT2D eigenvalue weighted by Gasteiger charge is -2.23. The monoisotopic (exact) mass is 517 g/mol. The zero-order valence-corrected chi connectivity index (χ0v) is 19.8. The molecule has 0 spiro atoms. The number of ketones is 1. The molecule has 11 heteroatoms. The summed E-state index contributed by atoms with van der Waals surface area (Å²) in [7, 11) is 0. The molecule has 1 aromatic heterocycles. The van der Waals surface area contributed by atoms with Gasteiger partial charge in [0.1, 0.15) is 0 Å². The highest BCUT2D eigenvalue weighted by Crippen LogP contribution is 2.51. The second-order valence-corrected chi connectivity index (χ2v) is 9.07. The molecule has 1 aliphatic heterocycles. The van der Waals surface area contributed by atoms with E-state index in [1.165, 1.54) is 60.7 Å². The number of carbonyl (C=O) groups excluding carboxylic acids is 1. The summed E-state index contributed by atoms with van der Waals surface area (Å²) >= 11 is 0. The lowest BCUT2D eigenvalue weighted by atomic mass is 9.79. The van der Waals surface area contributed by atoms with Crippen LogP contribution in [-0.4, -0.2) is 26.7 Å². The van der Waals surface area contributed by atoms with Crippen LogP contribution in [-0.2, 0) is 11.3 Å². The molecule has 0 saturated heterocycles. The number of nitro groups is 1. The van der Waals surface area contributed by atoms with Crippen molar-refractivity contribution in [1.82, 2.24) is 9.78 Å². The predicted molar refractivity (Wildman–Crippen MR) is 126 cm³/mol. The molecule has 0 unspecified atom stereocenters. The van der Waals surface area contributed by atoms with Gasteiger partial charge in [-0.15, -0.1) is 0 Å². The molecule has 0 amide bonds. The Kier molecular flexibility index (Phi) is 6.13. The molecule has 2 heterocycles. The first-order valence-electron chi connectivity index (χ1n) is 11.0. The Bertz CT molecular complexity index is 1450. The smallest absolute Gasteiger partial charge is 0.288 e. The number of hydrogen-bond donors (Lipinski definition) is 0. The van der Waals surface area contributed by atoms with E-state index in [4.69, 9.17) is 0 Å². The van der Waals surface area contributed by atoms with Crippen LogP contribution in [0.5, 0.6) is 0 Å². The number of fused-ring (bicyclic) bond motifs is 1. The van der Waals surface area contributed by atoms with Gasteiger partial charge in [0.2, 0.25) is 0 Å². The molecular formula is C26H20F5N3O3. The molecule has 37 heavy (non-hydrogen) atoms. The molecule has 4 rings (SSSR count). The van der Waals surface area contributed by atoms with Crippen LogP contribution in [0.2, 0.25) is 0 Å². The minimum Gasteiger partial charge on any atom is -0.288 e. The fourth-order valence-electron chi connectivity index (χ4n) is 4.21. The highest BCUT2D eigenvalue weighted by molar-refractivity contribution is 6.11.